The lowest BCUT2D eigenvalue weighted by atomic mass is 10.1. The summed E-state index contributed by atoms with van der Waals surface area (Å²) in [6, 6.07) is 14.5. The van der Waals surface area contributed by atoms with Gasteiger partial charge in [0.05, 0.1) is 0 Å². The Kier molecular flexibility index (Phi) is 5.62. The van der Waals surface area contributed by atoms with Crippen LogP contribution in [-0.4, -0.2) is 21.6 Å². The Bertz CT molecular complexity index is 1160. The van der Waals surface area contributed by atoms with E-state index in [0.29, 0.717) is 11.3 Å². The number of aryl methyl sites for hydroxylation is 1. The number of anilines is 1. The smallest absolute Gasteiger partial charge is 0.323 e. The maximum Gasteiger partial charge on any atom is 0.323 e. The van der Waals surface area contributed by atoms with Crippen molar-refractivity contribution in [2.75, 3.05) is 5.32 Å². The van der Waals surface area contributed by atoms with Crippen molar-refractivity contribution >= 4 is 50.5 Å². The molecule has 1 aromatic heterocycles. The second-order valence-electron chi connectivity index (χ2n) is 6.21. The predicted octanol–water partition coefficient (Wildman–Crippen LogP) is 4.34. The molecule has 3 aromatic rings. The number of benzene rings is 2. The first kappa shape index (κ1) is 19.4. The van der Waals surface area contributed by atoms with Crippen molar-refractivity contribution in [2.45, 2.75) is 13.5 Å². The minimum absolute atomic E-state index is 0.0741. The number of fused-ring (bicyclic) bond motifs is 1. The fourth-order valence-corrected chi connectivity index (χ4v) is 3.22. The largest absolute Gasteiger partial charge is 0.480 e. The van der Waals surface area contributed by atoms with Crippen LogP contribution >= 0.6 is 15.9 Å². The van der Waals surface area contributed by atoms with Crippen LogP contribution < -0.4 is 5.32 Å². The van der Waals surface area contributed by atoms with Crippen molar-refractivity contribution in [3.8, 4) is 6.07 Å². The van der Waals surface area contributed by atoms with E-state index in [1.807, 2.05) is 31.2 Å². The van der Waals surface area contributed by atoms with Crippen LogP contribution in [0.15, 0.2) is 58.7 Å². The summed E-state index contributed by atoms with van der Waals surface area (Å²) in [6.45, 7) is 1.73. The number of aliphatic carboxylic acids is 1. The third kappa shape index (κ3) is 4.13. The summed E-state index contributed by atoms with van der Waals surface area (Å²) in [7, 11) is 0. The molecule has 0 saturated carbocycles. The standard InChI is InChI=1S/C21H16BrN3O3/c1-13-6-7-16(9-18(13)22)24-21(28)14(10-23)8-15-11-25(12-20(26)27)19-5-3-2-4-17(15)19/h2-9,11H,12H2,1H3,(H,24,28)(H,26,27)/b14-8+. The summed E-state index contributed by atoms with van der Waals surface area (Å²) in [6.07, 6.45) is 3.10. The number of hydrogen-bond acceptors (Lipinski definition) is 3. The van der Waals surface area contributed by atoms with Crippen molar-refractivity contribution in [2.24, 2.45) is 0 Å². The number of amides is 1. The van der Waals surface area contributed by atoms with Gasteiger partial charge in [-0.3, -0.25) is 9.59 Å². The van der Waals surface area contributed by atoms with Crippen molar-refractivity contribution in [3.63, 3.8) is 0 Å². The molecule has 0 saturated heterocycles. The number of nitrogens with one attached hydrogen (secondary N) is 1. The molecule has 0 aliphatic carbocycles. The van der Waals surface area contributed by atoms with Crippen LogP contribution in [0.2, 0.25) is 0 Å². The quantitative estimate of drug-likeness (QED) is 0.458. The van der Waals surface area contributed by atoms with E-state index in [1.165, 1.54) is 6.08 Å². The van der Waals surface area contributed by atoms with Gasteiger partial charge in [0.2, 0.25) is 0 Å². The molecule has 0 spiro atoms. The molecule has 0 aliphatic heterocycles. The van der Waals surface area contributed by atoms with Gasteiger partial charge in [-0.25, -0.2) is 0 Å². The van der Waals surface area contributed by atoms with E-state index in [2.05, 4.69) is 21.2 Å². The second kappa shape index (κ2) is 8.11. The normalized spacial score (nSPS) is 11.2. The highest BCUT2D eigenvalue weighted by Gasteiger charge is 2.14. The Morgan fingerprint density at radius 1 is 1.29 bits per heavy atom. The van der Waals surface area contributed by atoms with E-state index in [4.69, 9.17) is 5.11 Å². The van der Waals surface area contributed by atoms with Gasteiger partial charge in [-0.2, -0.15) is 5.26 Å². The zero-order chi connectivity index (χ0) is 20.3. The summed E-state index contributed by atoms with van der Waals surface area (Å²) in [4.78, 5) is 23.7. The lowest BCUT2D eigenvalue weighted by molar-refractivity contribution is -0.137. The lowest BCUT2D eigenvalue weighted by Crippen LogP contribution is -2.13. The molecule has 3 rings (SSSR count). The number of halogens is 1. The molecule has 7 heteroatoms. The van der Waals surface area contributed by atoms with Gasteiger partial charge in [-0.1, -0.05) is 40.2 Å². The highest BCUT2D eigenvalue weighted by atomic mass is 79.9. The van der Waals surface area contributed by atoms with Gasteiger partial charge >= 0.3 is 5.97 Å². The van der Waals surface area contributed by atoms with E-state index in [1.54, 1.807) is 35.0 Å². The van der Waals surface area contributed by atoms with Crippen LogP contribution in [-0.2, 0) is 16.1 Å². The Balaban J connectivity index is 1.96. The van der Waals surface area contributed by atoms with Gasteiger partial charge in [0.1, 0.15) is 18.2 Å². The van der Waals surface area contributed by atoms with Gasteiger partial charge in [0, 0.05) is 32.8 Å². The van der Waals surface area contributed by atoms with Gasteiger partial charge in [-0.15, -0.1) is 0 Å². The third-order valence-corrected chi connectivity index (χ3v) is 5.07. The van der Waals surface area contributed by atoms with Crippen molar-refractivity contribution in [3.05, 3.63) is 69.8 Å². The molecule has 6 nitrogen and oxygen atoms in total. The van der Waals surface area contributed by atoms with Crippen LogP contribution in [0.25, 0.3) is 17.0 Å². The Hall–Kier alpha value is -3.37. The number of carbonyl (C=O) groups excluding carboxylic acids is 1. The maximum absolute atomic E-state index is 12.5. The number of carbonyl (C=O) groups is 2. The monoisotopic (exact) mass is 437 g/mol. The van der Waals surface area contributed by atoms with E-state index < -0.39 is 11.9 Å². The lowest BCUT2D eigenvalue weighted by Gasteiger charge is -2.06. The molecule has 0 radical (unpaired) electrons. The molecule has 1 heterocycles. The Morgan fingerprint density at radius 2 is 2.04 bits per heavy atom. The molecule has 2 N–H and O–H groups in total. The van der Waals surface area contributed by atoms with Crippen LogP contribution in [0.3, 0.4) is 0 Å². The Labute approximate surface area is 169 Å². The topological polar surface area (TPSA) is 95.1 Å². The van der Waals surface area contributed by atoms with Crippen molar-refractivity contribution in [1.29, 1.82) is 5.26 Å². The molecular weight excluding hydrogens is 422 g/mol. The molecule has 0 fully saturated rings. The zero-order valence-corrected chi connectivity index (χ0v) is 16.5. The average Bonchev–Trinajstić information content (AvgIpc) is 2.99. The summed E-state index contributed by atoms with van der Waals surface area (Å²) < 4.78 is 2.43. The van der Waals surface area contributed by atoms with E-state index in [0.717, 1.165) is 20.9 Å². The average molecular weight is 438 g/mol. The molecule has 0 aliphatic rings. The van der Waals surface area contributed by atoms with Gasteiger partial charge in [0.15, 0.2) is 0 Å². The predicted molar refractivity (Wildman–Crippen MR) is 111 cm³/mol. The summed E-state index contributed by atoms with van der Waals surface area (Å²) in [5.41, 5.74) is 2.84. The van der Waals surface area contributed by atoms with Gasteiger partial charge < -0.3 is 15.0 Å². The number of carboxylic acids is 1. The number of carboxylic acid groups (broad SMARTS) is 1. The molecule has 1 amide bonds. The number of nitrogens with zero attached hydrogens (tertiary/aromatic N) is 2. The van der Waals surface area contributed by atoms with E-state index in [-0.39, 0.29) is 12.1 Å². The summed E-state index contributed by atoms with van der Waals surface area (Å²) >= 11 is 3.41. The van der Waals surface area contributed by atoms with Crippen molar-refractivity contribution in [1.82, 2.24) is 4.57 Å². The highest BCUT2D eigenvalue weighted by Crippen LogP contribution is 2.25. The zero-order valence-electron chi connectivity index (χ0n) is 14.9. The number of hydrogen-bond donors (Lipinski definition) is 2. The molecule has 0 unspecified atom stereocenters. The van der Waals surface area contributed by atoms with Crippen LogP contribution in [0.5, 0.6) is 0 Å². The molecule has 28 heavy (non-hydrogen) atoms. The van der Waals surface area contributed by atoms with Crippen molar-refractivity contribution < 1.29 is 14.7 Å². The maximum atomic E-state index is 12.5. The van der Waals surface area contributed by atoms with Gasteiger partial charge in [-0.05, 0) is 36.8 Å². The first-order valence-electron chi connectivity index (χ1n) is 8.38. The third-order valence-electron chi connectivity index (χ3n) is 4.22. The number of rotatable bonds is 5. The van der Waals surface area contributed by atoms with Gasteiger partial charge in [0.25, 0.3) is 5.91 Å². The first-order chi connectivity index (χ1) is 13.4. The molecular formula is C21H16BrN3O3. The van der Waals surface area contributed by atoms with E-state index in [9.17, 15) is 14.9 Å². The van der Waals surface area contributed by atoms with Crippen LogP contribution in [0.1, 0.15) is 11.1 Å². The first-order valence-corrected chi connectivity index (χ1v) is 9.17. The van der Waals surface area contributed by atoms with E-state index >= 15 is 0 Å². The number of nitriles is 1. The minimum atomic E-state index is -0.973. The number of para-hydroxylation sites is 1. The summed E-state index contributed by atoms with van der Waals surface area (Å²) in [5, 5.41) is 22.0. The SMILES string of the molecule is Cc1ccc(NC(=O)/C(C#N)=C/c2cn(CC(=O)O)c3ccccc23)cc1Br. The molecule has 140 valence electrons. The minimum Gasteiger partial charge on any atom is -0.480 e. The fraction of sp³-hybridized carbons (Fsp3) is 0.0952. The fourth-order valence-electron chi connectivity index (χ4n) is 2.84. The van der Waals surface area contributed by atoms with Crippen LogP contribution in [0, 0.1) is 18.3 Å². The summed E-state index contributed by atoms with van der Waals surface area (Å²) in [5.74, 6) is -1.51. The molecule has 0 bridgehead atoms. The highest BCUT2D eigenvalue weighted by molar-refractivity contribution is 9.10. The molecule has 0 atom stereocenters. The van der Waals surface area contributed by atoms with Crippen LogP contribution in [0.4, 0.5) is 5.69 Å². The second-order valence-corrected chi connectivity index (χ2v) is 7.07. The Morgan fingerprint density at radius 3 is 2.71 bits per heavy atom. The number of aromatic nitrogens is 1. The molecule has 2 aromatic carbocycles.